The Morgan fingerprint density at radius 3 is 2.06 bits per heavy atom. The molecule has 0 aliphatic heterocycles. The van der Waals surface area contributed by atoms with Gasteiger partial charge in [0.05, 0.1) is 10.9 Å². The molecule has 0 amide bonds. The smallest absolute Gasteiger partial charge is 0.149 e. The van der Waals surface area contributed by atoms with E-state index in [9.17, 15) is 0 Å². The second-order valence-electron chi connectivity index (χ2n) is 3.63. The molecule has 1 unspecified atom stereocenters. The Morgan fingerprint density at radius 1 is 1.00 bits per heavy atom. The first kappa shape index (κ1) is 13.9. The zero-order valence-corrected chi connectivity index (χ0v) is 12.3. The van der Waals surface area contributed by atoms with Crippen LogP contribution in [0.3, 0.4) is 0 Å². The molecule has 1 atom stereocenters. The van der Waals surface area contributed by atoms with Gasteiger partial charge in [-0.25, -0.2) is 9.97 Å². The van der Waals surface area contributed by atoms with E-state index >= 15 is 0 Å². The fraction of sp³-hybridized carbons (Fsp3) is 0.167. The third-order valence-electron chi connectivity index (χ3n) is 2.34. The lowest BCUT2D eigenvalue weighted by Crippen LogP contribution is -1.99. The van der Waals surface area contributed by atoms with Crippen LogP contribution in [-0.2, 0) is 0 Å². The van der Waals surface area contributed by atoms with E-state index in [0.717, 1.165) is 0 Å². The van der Waals surface area contributed by atoms with Gasteiger partial charge in [0.2, 0.25) is 0 Å². The minimum atomic E-state index is -0.361. The van der Waals surface area contributed by atoms with Crippen LogP contribution in [0.5, 0.6) is 0 Å². The van der Waals surface area contributed by atoms with Crippen LogP contribution in [0.15, 0.2) is 24.3 Å². The van der Waals surface area contributed by atoms with Crippen molar-refractivity contribution in [2.75, 3.05) is 0 Å². The van der Waals surface area contributed by atoms with Gasteiger partial charge in [0.15, 0.2) is 0 Å². The summed E-state index contributed by atoms with van der Waals surface area (Å²) in [6, 6.07) is 7.22. The second-order valence-corrected chi connectivity index (χ2v) is 5.41. The number of alkyl halides is 1. The summed E-state index contributed by atoms with van der Waals surface area (Å²) in [5, 5.41) is 0.660. The monoisotopic (exact) mass is 320 g/mol. The van der Waals surface area contributed by atoms with Crippen LogP contribution in [0, 0.1) is 0 Å². The summed E-state index contributed by atoms with van der Waals surface area (Å²) >= 11 is 24.3. The van der Waals surface area contributed by atoms with Crippen molar-refractivity contribution in [3.63, 3.8) is 0 Å². The molecule has 94 valence electrons. The van der Waals surface area contributed by atoms with Gasteiger partial charge in [-0.15, -0.1) is 11.6 Å². The maximum absolute atomic E-state index is 6.13. The number of hydrogen-bond acceptors (Lipinski definition) is 2. The number of benzene rings is 1. The quantitative estimate of drug-likeness (QED) is 0.546. The van der Waals surface area contributed by atoms with Crippen molar-refractivity contribution in [1.29, 1.82) is 0 Å². The molecule has 1 aromatic carbocycles. The topological polar surface area (TPSA) is 25.8 Å². The molecule has 0 radical (unpaired) electrons. The van der Waals surface area contributed by atoms with Crippen molar-refractivity contribution in [1.82, 2.24) is 9.97 Å². The van der Waals surface area contributed by atoms with E-state index in [4.69, 9.17) is 46.4 Å². The molecule has 0 bridgehead atoms. The molecule has 0 fully saturated rings. The average Bonchev–Trinajstić information content (AvgIpc) is 2.30. The lowest BCUT2D eigenvalue weighted by atomic mass is 10.1. The fourth-order valence-corrected chi connectivity index (χ4v) is 2.42. The van der Waals surface area contributed by atoms with Gasteiger partial charge >= 0.3 is 0 Å². The summed E-state index contributed by atoms with van der Waals surface area (Å²) in [7, 11) is 0. The number of rotatable bonds is 2. The summed E-state index contributed by atoms with van der Waals surface area (Å²) in [5.74, 6) is 0.391. The molecule has 2 nitrogen and oxygen atoms in total. The van der Waals surface area contributed by atoms with E-state index in [1.807, 2.05) is 18.2 Å². The van der Waals surface area contributed by atoms with Gasteiger partial charge in [-0.05, 0) is 13.0 Å². The normalized spacial score (nSPS) is 12.5. The molecule has 0 N–H and O–H groups in total. The van der Waals surface area contributed by atoms with Crippen LogP contribution in [0.4, 0.5) is 0 Å². The molecule has 2 aromatic rings. The molecule has 2 rings (SSSR count). The molecule has 1 heterocycles. The van der Waals surface area contributed by atoms with Crippen LogP contribution in [0.2, 0.25) is 15.3 Å². The Labute approximate surface area is 125 Å². The van der Waals surface area contributed by atoms with Gasteiger partial charge in [-0.1, -0.05) is 53.0 Å². The van der Waals surface area contributed by atoms with Crippen molar-refractivity contribution in [3.8, 4) is 11.1 Å². The Kier molecular flexibility index (Phi) is 4.33. The summed E-state index contributed by atoms with van der Waals surface area (Å²) in [5.41, 5.74) is 1.22. The van der Waals surface area contributed by atoms with Gasteiger partial charge in [-0.3, -0.25) is 0 Å². The van der Waals surface area contributed by atoms with E-state index in [1.54, 1.807) is 13.0 Å². The Bertz CT molecular complexity index is 561. The van der Waals surface area contributed by atoms with Crippen molar-refractivity contribution in [2.24, 2.45) is 0 Å². The van der Waals surface area contributed by atoms with Crippen molar-refractivity contribution in [3.05, 3.63) is 45.4 Å². The highest BCUT2D eigenvalue weighted by molar-refractivity contribution is 6.40. The lowest BCUT2D eigenvalue weighted by molar-refractivity contribution is 0.912. The number of hydrogen-bond donors (Lipinski definition) is 0. The zero-order valence-electron chi connectivity index (χ0n) is 9.29. The summed E-state index contributed by atoms with van der Waals surface area (Å²) < 4.78 is 0. The van der Waals surface area contributed by atoms with Gasteiger partial charge in [0.1, 0.15) is 16.1 Å². The van der Waals surface area contributed by atoms with Crippen LogP contribution >= 0.6 is 46.4 Å². The molecular formula is C12H8Cl4N2. The SMILES string of the molecule is CC(Cl)c1nc(Cl)c(-c2ccccc2Cl)c(Cl)n1. The van der Waals surface area contributed by atoms with Crippen LogP contribution in [0.25, 0.3) is 11.1 Å². The first-order valence-electron chi connectivity index (χ1n) is 5.12. The van der Waals surface area contributed by atoms with E-state index in [1.165, 1.54) is 0 Å². The predicted octanol–water partition coefficient (Wildman–Crippen LogP) is 5.40. The highest BCUT2D eigenvalue weighted by Crippen LogP contribution is 2.37. The summed E-state index contributed by atoms with van der Waals surface area (Å²) in [6.07, 6.45) is 0. The number of aromatic nitrogens is 2. The Morgan fingerprint density at radius 2 is 1.56 bits per heavy atom. The van der Waals surface area contributed by atoms with E-state index in [-0.39, 0.29) is 15.7 Å². The van der Waals surface area contributed by atoms with Gasteiger partial charge in [0.25, 0.3) is 0 Å². The van der Waals surface area contributed by atoms with Crippen molar-refractivity contribution >= 4 is 46.4 Å². The second kappa shape index (κ2) is 5.62. The molecule has 6 heteroatoms. The van der Waals surface area contributed by atoms with Gasteiger partial charge in [0, 0.05) is 10.6 Å². The largest absolute Gasteiger partial charge is 0.219 e. The van der Waals surface area contributed by atoms with Crippen LogP contribution < -0.4 is 0 Å². The summed E-state index contributed by atoms with van der Waals surface area (Å²) in [4.78, 5) is 8.26. The number of halogens is 4. The molecule has 0 aliphatic carbocycles. The first-order chi connectivity index (χ1) is 8.50. The molecule has 0 aliphatic rings. The van der Waals surface area contributed by atoms with Crippen molar-refractivity contribution < 1.29 is 0 Å². The standard InChI is InChI=1S/C12H8Cl4N2/c1-6(13)12-17-10(15)9(11(16)18-12)7-4-2-3-5-8(7)14/h2-6H,1H3. The molecular weight excluding hydrogens is 314 g/mol. The third kappa shape index (κ3) is 2.72. The highest BCUT2D eigenvalue weighted by Gasteiger charge is 2.17. The van der Waals surface area contributed by atoms with Crippen LogP contribution in [-0.4, -0.2) is 9.97 Å². The highest BCUT2D eigenvalue weighted by atomic mass is 35.5. The molecule has 0 saturated carbocycles. The maximum atomic E-state index is 6.13. The Balaban J connectivity index is 2.63. The Hall–Kier alpha value is -0.540. The molecule has 0 saturated heterocycles. The van der Waals surface area contributed by atoms with Crippen molar-refractivity contribution in [2.45, 2.75) is 12.3 Å². The van der Waals surface area contributed by atoms with Gasteiger partial charge in [-0.2, -0.15) is 0 Å². The average molecular weight is 322 g/mol. The van der Waals surface area contributed by atoms with Crippen LogP contribution in [0.1, 0.15) is 18.1 Å². The zero-order chi connectivity index (χ0) is 13.3. The van der Waals surface area contributed by atoms with E-state index in [2.05, 4.69) is 9.97 Å². The minimum absolute atomic E-state index is 0.241. The van der Waals surface area contributed by atoms with Gasteiger partial charge < -0.3 is 0 Å². The van der Waals surface area contributed by atoms with E-state index < -0.39 is 0 Å². The fourth-order valence-electron chi connectivity index (χ4n) is 1.49. The maximum Gasteiger partial charge on any atom is 0.149 e. The summed E-state index contributed by atoms with van der Waals surface area (Å²) in [6.45, 7) is 1.75. The van der Waals surface area contributed by atoms with E-state index in [0.29, 0.717) is 22.0 Å². The first-order valence-corrected chi connectivity index (χ1v) is 6.69. The third-order valence-corrected chi connectivity index (χ3v) is 3.41. The molecule has 1 aromatic heterocycles. The molecule has 18 heavy (non-hydrogen) atoms. The minimum Gasteiger partial charge on any atom is -0.219 e. The number of nitrogens with zero attached hydrogens (tertiary/aromatic N) is 2. The predicted molar refractivity (Wildman–Crippen MR) is 76.8 cm³/mol. The lowest BCUT2D eigenvalue weighted by Gasteiger charge is -2.10. The molecule has 0 spiro atoms.